The summed E-state index contributed by atoms with van der Waals surface area (Å²) in [6, 6.07) is 14.2. The number of hydrogen-bond donors (Lipinski definition) is 1. The normalized spacial score (nSPS) is 10.6. The highest BCUT2D eigenvalue weighted by atomic mass is 127. The van der Waals surface area contributed by atoms with Crippen molar-refractivity contribution in [2.45, 2.75) is 19.9 Å². The first-order valence-electron chi connectivity index (χ1n) is 6.61. The summed E-state index contributed by atoms with van der Waals surface area (Å²) < 4.78 is 8.26. The molecule has 0 unspecified atom stereocenters. The van der Waals surface area contributed by atoms with Crippen LogP contribution in [0.4, 0.5) is 0 Å². The molecular formula is C16H17BrINO. The lowest BCUT2D eigenvalue weighted by Crippen LogP contribution is -2.14. The third kappa shape index (κ3) is 4.75. The van der Waals surface area contributed by atoms with Gasteiger partial charge in [-0.25, -0.2) is 0 Å². The molecule has 0 heterocycles. The number of halogens is 2. The quantitative estimate of drug-likeness (QED) is 0.478. The SMILES string of the molecule is CCCNCc1cc(Br)ccc1Oc1ccc(I)cc1. The summed E-state index contributed by atoms with van der Waals surface area (Å²) >= 11 is 5.81. The predicted molar refractivity (Wildman–Crippen MR) is 95.4 cm³/mol. The van der Waals surface area contributed by atoms with E-state index in [1.54, 1.807) is 0 Å². The summed E-state index contributed by atoms with van der Waals surface area (Å²) in [6.45, 7) is 3.99. The largest absolute Gasteiger partial charge is 0.457 e. The molecule has 1 N–H and O–H groups in total. The summed E-state index contributed by atoms with van der Waals surface area (Å²) in [4.78, 5) is 0. The van der Waals surface area contributed by atoms with Gasteiger partial charge in [0.2, 0.25) is 0 Å². The minimum absolute atomic E-state index is 0.812. The fraction of sp³-hybridized carbons (Fsp3) is 0.250. The fourth-order valence-corrected chi connectivity index (χ4v) is 2.58. The van der Waals surface area contributed by atoms with Crippen LogP contribution >= 0.6 is 38.5 Å². The first-order chi connectivity index (χ1) is 9.69. The average Bonchev–Trinajstić information content (AvgIpc) is 2.44. The Hall–Kier alpha value is -0.590. The molecule has 0 spiro atoms. The van der Waals surface area contributed by atoms with E-state index in [0.717, 1.165) is 41.0 Å². The molecule has 0 fully saturated rings. The molecule has 2 nitrogen and oxygen atoms in total. The van der Waals surface area contributed by atoms with Gasteiger partial charge >= 0.3 is 0 Å². The molecule has 2 aromatic rings. The van der Waals surface area contributed by atoms with E-state index in [4.69, 9.17) is 4.74 Å². The molecule has 0 radical (unpaired) electrons. The standard InChI is InChI=1S/C16H17BrINO/c1-2-9-19-11-12-10-13(17)3-8-16(12)20-15-6-4-14(18)5-7-15/h3-8,10,19H,2,9,11H2,1H3. The highest BCUT2D eigenvalue weighted by Gasteiger charge is 2.06. The second kappa shape index (κ2) is 8.00. The van der Waals surface area contributed by atoms with E-state index in [1.807, 2.05) is 36.4 Å². The van der Waals surface area contributed by atoms with Gasteiger partial charge in [0.1, 0.15) is 11.5 Å². The van der Waals surface area contributed by atoms with Gasteiger partial charge in [0.15, 0.2) is 0 Å². The van der Waals surface area contributed by atoms with Gasteiger partial charge in [-0.1, -0.05) is 22.9 Å². The molecule has 0 aromatic heterocycles. The van der Waals surface area contributed by atoms with Crippen LogP contribution in [0.5, 0.6) is 11.5 Å². The Morgan fingerprint density at radius 3 is 2.60 bits per heavy atom. The van der Waals surface area contributed by atoms with Crippen LogP contribution in [-0.2, 0) is 6.54 Å². The molecule has 106 valence electrons. The molecule has 0 saturated heterocycles. The third-order valence-corrected chi connectivity index (χ3v) is 4.02. The molecule has 2 rings (SSSR count). The van der Waals surface area contributed by atoms with Crippen LogP contribution in [0.15, 0.2) is 46.9 Å². The van der Waals surface area contributed by atoms with Gasteiger partial charge in [-0.05, 0) is 78.0 Å². The second-order valence-electron chi connectivity index (χ2n) is 4.48. The van der Waals surface area contributed by atoms with E-state index >= 15 is 0 Å². The molecule has 0 saturated carbocycles. The summed E-state index contributed by atoms with van der Waals surface area (Å²) in [5.41, 5.74) is 1.16. The van der Waals surface area contributed by atoms with Crippen molar-refractivity contribution >= 4 is 38.5 Å². The number of rotatable bonds is 6. The van der Waals surface area contributed by atoms with Gasteiger partial charge in [-0.2, -0.15) is 0 Å². The molecule has 0 aliphatic carbocycles. The van der Waals surface area contributed by atoms with Crippen molar-refractivity contribution in [1.29, 1.82) is 0 Å². The second-order valence-corrected chi connectivity index (χ2v) is 6.65. The Balaban J connectivity index is 2.15. The summed E-state index contributed by atoms with van der Waals surface area (Å²) in [5.74, 6) is 1.77. The lowest BCUT2D eigenvalue weighted by molar-refractivity contribution is 0.472. The van der Waals surface area contributed by atoms with Gasteiger partial charge in [-0.3, -0.25) is 0 Å². The van der Waals surface area contributed by atoms with Crippen LogP contribution in [0, 0.1) is 3.57 Å². The van der Waals surface area contributed by atoms with E-state index in [9.17, 15) is 0 Å². The highest BCUT2D eigenvalue weighted by Crippen LogP contribution is 2.28. The van der Waals surface area contributed by atoms with E-state index < -0.39 is 0 Å². The molecule has 0 aliphatic heterocycles. The van der Waals surface area contributed by atoms with Crippen molar-refractivity contribution in [3.05, 3.63) is 56.1 Å². The van der Waals surface area contributed by atoms with E-state index in [0.29, 0.717) is 0 Å². The van der Waals surface area contributed by atoms with Crippen LogP contribution < -0.4 is 10.1 Å². The van der Waals surface area contributed by atoms with Crippen LogP contribution in [0.2, 0.25) is 0 Å². The lowest BCUT2D eigenvalue weighted by Gasteiger charge is -2.12. The predicted octanol–water partition coefficient (Wildman–Crippen LogP) is 5.35. The third-order valence-electron chi connectivity index (χ3n) is 2.81. The van der Waals surface area contributed by atoms with E-state index in [-0.39, 0.29) is 0 Å². The zero-order chi connectivity index (χ0) is 14.4. The van der Waals surface area contributed by atoms with Crippen LogP contribution in [-0.4, -0.2) is 6.54 Å². The van der Waals surface area contributed by atoms with Gasteiger partial charge in [0.05, 0.1) is 0 Å². The van der Waals surface area contributed by atoms with Crippen molar-refractivity contribution in [1.82, 2.24) is 5.32 Å². The summed E-state index contributed by atoms with van der Waals surface area (Å²) in [6.07, 6.45) is 1.13. The van der Waals surface area contributed by atoms with Gasteiger partial charge in [0, 0.05) is 20.2 Å². The van der Waals surface area contributed by atoms with Gasteiger partial charge < -0.3 is 10.1 Å². The summed E-state index contributed by atoms with van der Waals surface area (Å²) in [7, 11) is 0. The molecule has 0 bridgehead atoms. The van der Waals surface area contributed by atoms with Crippen LogP contribution in [0.1, 0.15) is 18.9 Å². The smallest absolute Gasteiger partial charge is 0.131 e. The lowest BCUT2D eigenvalue weighted by atomic mass is 10.2. The molecule has 0 amide bonds. The Morgan fingerprint density at radius 1 is 1.15 bits per heavy atom. The fourth-order valence-electron chi connectivity index (χ4n) is 1.82. The average molecular weight is 446 g/mol. The van der Waals surface area contributed by atoms with Gasteiger partial charge in [0.25, 0.3) is 0 Å². The minimum atomic E-state index is 0.812. The Bertz CT molecular complexity index is 557. The number of nitrogens with one attached hydrogen (secondary N) is 1. The maximum Gasteiger partial charge on any atom is 0.131 e. The number of hydrogen-bond acceptors (Lipinski definition) is 2. The monoisotopic (exact) mass is 445 g/mol. The molecule has 20 heavy (non-hydrogen) atoms. The molecule has 0 atom stereocenters. The van der Waals surface area contributed by atoms with Crippen LogP contribution in [0.25, 0.3) is 0 Å². The first-order valence-corrected chi connectivity index (χ1v) is 8.49. The zero-order valence-electron chi connectivity index (χ0n) is 11.3. The topological polar surface area (TPSA) is 21.3 Å². The molecule has 4 heteroatoms. The van der Waals surface area contributed by atoms with Crippen molar-refractivity contribution in [2.75, 3.05) is 6.54 Å². The molecular weight excluding hydrogens is 429 g/mol. The maximum atomic E-state index is 5.99. The van der Waals surface area contributed by atoms with Crippen molar-refractivity contribution < 1.29 is 4.74 Å². The van der Waals surface area contributed by atoms with Crippen molar-refractivity contribution in [2.24, 2.45) is 0 Å². The van der Waals surface area contributed by atoms with Gasteiger partial charge in [-0.15, -0.1) is 0 Å². The van der Waals surface area contributed by atoms with E-state index in [2.05, 4.69) is 56.8 Å². The maximum absolute atomic E-state index is 5.99. The minimum Gasteiger partial charge on any atom is -0.457 e. The highest BCUT2D eigenvalue weighted by molar-refractivity contribution is 14.1. The summed E-state index contributed by atoms with van der Waals surface area (Å²) in [5, 5.41) is 3.41. The van der Waals surface area contributed by atoms with Crippen molar-refractivity contribution in [3.63, 3.8) is 0 Å². The Morgan fingerprint density at radius 2 is 1.90 bits per heavy atom. The number of ether oxygens (including phenoxy) is 1. The zero-order valence-corrected chi connectivity index (χ0v) is 15.1. The Kier molecular flexibility index (Phi) is 6.32. The Labute approximate surface area is 142 Å². The first kappa shape index (κ1) is 15.8. The molecule has 2 aromatic carbocycles. The molecule has 0 aliphatic rings. The van der Waals surface area contributed by atoms with E-state index in [1.165, 1.54) is 3.57 Å². The van der Waals surface area contributed by atoms with Crippen LogP contribution in [0.3, 0.4) is 0 Å². The van der Waals surface area contributed by atoms with Crippen molar-refractivity contribution in [3.8, 4) is 11.5 Å². The number of benzene rings is 2.